The summed E-state index contributed by atoms with van der Waals surface area (Å²) in [6, 6.07) is 0. The summed E-state index contributed by atoms with van der Waals surface area (Å²) in [6.07, 6.45) is 2.30. The van der Waals surface area contributed by atoms with Crippen molar-refractivity contribution in [1.82, 2.24) is 4.90 Å². The second kappa shape index (κ2) is 4.28. The molecule has 0 aromatic heterocycles. The van der Waals surface area contributed by atoms with E-state index in [4.69, 9.17) is 0 Å². The average Bonchev–Trinajstić information content (AvgIpc) is 1.84. The van der Waals surface area contributed by atoms with Crippen molar-refractivity contribution < 1.29 is 9.53 Å². The van der Waals surface area contributed by atoms with E-state index in [1.807, 2.05) is 0 Å². The molecule has 0 amide bonds. The van der Waals surface area contributed by atoms with Crippen LogP contribution in [0.2, 0.25) is 0 Å². The number of carbonyl (C=O) groups excluding carboxylic acids is 1. The van der Waals surface area contributed by atoms with Gasteiger partial charge in [-0.25, -0.2) is 0 Å². The summed E-state index contributed by atoms with van der Waals surface area (Å²) in [4.78, 5) is 12.1. The van der Waals surface area contributed by atoms with Gasteiger partial charge in [0, 0.05) is 6.54 Å². The molecule has 0 aromatic carbocycles. The molecule has 1 heterocycles. The first-order valence-electron chi connectivity index (χ1n) is 3.71. The van der Waals surface area contributed by atoms with Crippen LogP contribution >= 0.6 is 0 Å². The highest BCUT2D eigenvalue weighted by Gasteiger charge is 2.11. The summed E-state index contributed by atoms with van der Waals surface area (Å²) >= 11 is 0. The maximum absolute atomic E-state index is 9.70. The van der Waals surface area contributed by atoms with E-state index in [0.717, 1.165) is 13.0 Å². The molecule has 0 spiro atoms. The van der Waals surface area contributed by atoms with Gasteiger partial charge in [0.1, 0.15) is 0 Å². The second-order valence-electron chi connectivity index (χ2n) is 2.52. The molecule has 1 aliphatic rings. The first-order chi connectivity index (χ1) is 4.93. The zero-order valence-corrected chi connectivity index (χ0v) is 6.08. The number of likely N-dealkylation sites (tertiary alicyclic amines) is 1. The quantitative estimate of drug-likeness (QED) is 0.408. The molecule has 0 N–H and O–H groups in total. The van der Waals surface area contributed by atoms with Crippen molar-refractivity contribution in [2.24, 2.45) is 0 Å². The zero-order valence-electron chi connectivity index (χ0n) is 6.08. The summed E-state index contributed by atoms with van der Waals surface area (Å²) in [7, 11) is 0. The highest BCUT2D eigenvalue weighted by atomic mass is 16.5. The lowest BCUT2D eigenvalue weighted by Crippen LogP contribution is -2.38. The molecule has 0 aliphatic carbocycles. The van der Waals surface area contributed by atoms with Crippen molar-refractivity contribution in [3.05, 3.63) is 0 Å². The third kappa shape index (κ3) is 2.35. The van der Waals surface area contributed by atoms with Crippen LogP contribution in [0, 0.1) is 0 Å². The SMILES string of the molecule is O=COCCCN1CCC1. The molecule has 3 heteroatoms. The number of rotatable bonds is 5. The largest absolute Gasteiger partial charge is 0.468 e. The number of carbonyl (C=O) groups is 1. The van der Waals surface area contributed by atoms with Crippen LogP contribution in [0.1, 0.15) is 12.8 Å². The Morgan fingerprint density at radius 2 is 2.30 bits per heavy atom. The van der Waals surface area contributed by atoms with Crippen molar-refractivity contribution in [3.63, 3.8) is 0 Å². The smallest absolute Gasteiger partial charge is 0.293 e. The van der Waals surface area contributed by atoms with Crippen LogP contribution in [0.15, 0.2) is 0 Å². The van der Waals surface area contributed by atoms with E-state index >= 15 is 0 Å². The van der Waals surface area contributed by atoms with Crippen LogP contribution in [0.25, 0.3) is 0 Å². The Morgan fingerprint density at radius 1 is 1.50 bits per heavy atom. The number of ether oxygens (including phenoxy) is 1. The number of hydrogen-bond acceptors (Lipinski definition) is 3. The van der Waals surface area contributed by atoms with Crippen LogP contribution in [0.5, 0.6) is 0 Å². The fourth-order valence-corrected chi connectivity index (χ4v) is 1.02. The molecular weight excluding hydrogens is 130 g/mol. The van der Waals surface area contributed by atoms with Crippen molar-refractivity contribution in [2.45, 2.75) is 12.8 Å². The molecule has 1 fully saturated rings. The Morgan fingerprint density at radius 3 is 2.80 bits per heavy atom. The first kappa shape index (κ1) is 7.54. The van der Waals surface area contributed by atoms with E-state index in [-0.39, 0.29) is 0 Å². The summed E-state index contributed by atoms with van der Waals surface area (Å²) in [5.41, 5.74) is 0. The average molecular weight is 143 g/mol. The lowest BCUT2D eigenvalue weighted by molar-refractivity contribution is -0.128. The third-order valence-corrected chi connectivity index (χ3v) is 1.75. The van der Waals surface area contributed by atoms with Gasteiger partial charge < -0.3 is 9.64 Å². The van der Waals surface area contributed by atoms with Gasteiger partial charge in [-0.15, -0.1) is 0 Å². The predicted octanol–water partition coefficient (Wildman–Crippen LogP) is 0.255. The fourth-order valence-electron chi connectivity index (χ4n) is 1.02. The maximum Gasteiger partial charge on any atom is 0.293 e. The lowest BCUT2D eigenvalue weighted by atomic mass is 10.2. The molecule has 0 bridgehead atoms. The van der Waals surface area contributed by atoms with Gasteiger partial charge in [0.25, 0.3) is 6.47 Å². The van der Waals surface area contributed by atoms with E-state index in [1.54, 1.807) is 0 Å². The van der Waals surface area contributed by atoms with Gasteiger partial charge in [-0.3, -0.25) is 4.79 Å². The molecular formula is C7H13NO2. The molecule has 58 valence electrons. The molecule has 0 aromatic rings. The van der Waals surface area contributed by atoms with Gasteiger partial charge in [-0.2, -0.15) is 0 Å². The molecule has 1 rings (SSSR count). The van der Waals surface area contributed by atoms with E-state index < -0.39 is 0 Å². The minimum absolute atomic E-state index is 0.510. The van der Waals surface area contributed by atoms with Crippen LogP contribution in [0.4, 0.5) is 0 Å². The molecule has 3 nitrogen and oxygen atoms in total. The van der Waals surface area contributed by atoms with Gasteiger partial charge in [0.2, 0.25) is 0 Å². The number of hydrogen-bond donors (Lipinski definition) is 0. The van der Waals surface area contributed by atoms with Gasteiger partial charge in [0.05, 0.1) is 6.61 Å². The van der Waals surface area contributed by atoms with Gasteiger partial charge >= 0.3 is 0 Å². The first-order valence-corrected chi connectivity index (χ1v) is 3.71. The summed E-state index contributed by atoms with van der Waals surface area (Å²) in [5.74, 6) is 0. The van der Waals surface area contributed by atoms with E-state index in [2.05, 4.69) is 9.64 Å². The van der Waals surface area contributed by atoms with Crippen molar-refractivity contribution in [2.75, 3.05) is 26.2 Å². The standard InChI is InChI=1S/C7H13NO2/c9-7-10-6-2-5-8-3-1-4-8/h7H,1-6H2. The fraction of sp³-hybridized carbons (Fsp3) is 0.857. The zero-order chi connectivity index (χ0) is 7.23. The Hall–Kier alpha value is -0.570. The lowest BCUT2D eigenvalue weighted by Gasteiger charge is -2.30. The summed E-state index contributed by atoms with van der Waals surface area (Å²) in [6.45, 7) is 4.60. The van der Waals surface area contributed by atoms with E-state index in [9.17, 15) is 4.79 Å². The van der Waals surface area contributed by atoms with Crippen LogP contribution in [-0.2, 0) is 9.53 Å². The monoisotopic (exact) mass is 143 g/mol. The van der Waals surface area contributed by atoms with Crippen LogP contribution in [-0.4, -0.2) is 37.6 Å². The van der Waals surface area contributed by atoms with Gasteiger partial charge in [-0.05, 0) is 25.9 Å². The highest BCUT2D eigenvalue weighted by molar-refractivity contribution is 5.36. The third-order valence-electron chi connectivity index (χ3n) is 1.75. The topological polar surface area (TPSA) is 29.5 Å². The van der Waals surface area contributed by atoms with E-state index in [0.29, 0.717) is 13.1 Å². The predicted molar refractivity (Wildman–Crippen MR) is 37.7 cm³/mol. The summed E-state index contributed by atoms with van der Waals surface area (Å²) < 4.78 is 4.55. The highest BCUT2D eigenvalue weighted by Crippen LogP contribution is 2.05. The minimum atomic E-state index is 0.510. The van der Waals surface area contributed by atoms with E-state index in [1.165, 1.54) is 19.5 Å². The van der Waals surface area contributed by atoms with Crippen molar-refractivity contribution in [3.8, 4) is 0 Å². The Labute approximate surface area is 61.0 Å². The molecule has 1 aliphatic heterocycles. The Kier molecular flexibility index (Phi) is 3.22. The van der Waals surface area contributed by atoms with Crippen molar-refractivity contribution >= 4 is 6.47 Å². The molecule has 10 heavy (non-hydrogen) atoms. The van der Waals surface area contributed by atoms with Crippen LogP contribution < -0.4 is 0 Å². The Bertz CT molecular complexity index is 102. The second-order valence-corrected chi connectivity index (χ2v) is 2.52. The van der Waals surface area contributed by atoms with Gasteiger partial charge in [0.15, 0.2) is 0 Å². The molecule has 1 saturated heterocycles. The molecule has 0 unspecified atom stereocenters. The van der Waals surface area contributed by atoms with Crippen molar-refractivity contribution in [1.29, 1.82) is 0 Å². The molecule has 0 saturated carbocycles. The van der Waals surface area contributed by atoms with Gasteiger partial charge in [-0.1, -0.05) is 0 Å². The number of nitrogens with zero attached hydrogens (tertiary/aromatic N) is 1. The minimum Gasteiger partial charge on any atom is -0.468 e. The van der Waals surface area contributed by atoms with Crippen LogP contribution in [0.3, 0.4) is 0 Å². The normalized spacial score (nSPS) is 18.0. The maximum atomic E-state index is 9.70. The Balaban J connectivity index is 1.80. The molecule has 0 radical (unpaired) electrons. The summed E-state index contributed by atoms with van der Waals surface area (Å²) in [5, 5.41) is 0. The molecule has 0 atom stereocenters.